The molecule has 1 aromatic rings. The number of carbonyl (C=O) groups is 4. The van der Waals surface area contributed by atoms with Crippen molar-refractivity contribution in [1.82, 2.24) is 15.1 Å². The lowest BCUT2D eigenvalue weighted by Gasteiger charge is -2.35. The number of nitrogens with zero attached hydrogens (tertiary/aromatic N) is 2. The molecule has 0 aliphatic carbocycles. The molecule has 2 N–H and O–H groups in total. The third-order valence-corrected chi connectivity index (χ3v) is 8.42. The summed E-state index contributed by atoms with van der Waals surface area (Å²) in [4.78, 5) is 56.9. The van der Waals surface area contributed by atoms with Gasteiger partial charge in [-0.2, -0.15) is 0 Å². The third-order valence-electron chi connectivity index (χ3n) is 7.74. The van der Waals surface area contributed by atoms with Crippen molar-refractivity contribution >= 4 is 39.6 Å². The van der Waals surface area contributed by atoms with Gasteiger partial charge in [-0.25, -0.2) is 0 Å². The molecule has 4 aliphatic rings. The van der Waals surface area contributed by atoms with Crippen LogP contribution in [0.2, 0.25) is 0 Å². The Labute approximate surface area is 235 Å². The number of benzene rings is 1. The zero-order chi connectivity index (χ0) is 27.7. The van der Waals surface area contributed by atoms with Crippen molar-refractivity contribution in [1.29, 1.82) is 0 Å². The van der Waals surface area contributed by atoms with Crippen LogP contribution in [0.1, 0.15) is 25.3 Å². The Hall–Kier alpha value is -3.02. The van der Waals surface area contributed by atoms with E-state index in [4.69, 9.17) is 9.47 Å². The van der Waals surface area contributed by atoms with Gasteiger partial charge in [-0.3, -0.25) is 19.2 Å². The Balaban J connectivity index is 1.57. The molecule has 4 heterocycles. The van der Waals surface area contributed by atoms with E-state index < -0.39 is 47.6 Å². The third kappa shape index (κ3) is 5.03. The van der Waals surface area contributed by atoms with Crippen molar-refractivity contribution in [3.05, 3.63) is 58.6 Å². The van der Waals surface area contributed by atoms with Gasteiger partial charge in [-0.05, 0) is 25.0 Å². The number of carbonyl (C=O) groups excluding carboxylic acids is 4. The minimum absolute atomic E-state index is 0.0772. The average molecular weight is 602 g/mol. The van der Waals surface area contributed by atoms with Crippen molar-refractivity contribution < 1.29 is 33.8 Å². The Morgan fingerprint density at radius 3 is 2.64 bits per heavy atom. The summed E-state index contributed by atoms with van der Waals surface area (Å²) in [5.41, 5.74) is -0.485. The number of rotatable bonds is 4. The molecule has 4 aliphatic heterocycles. The second-order valence-electron chi connectivity index (χ2n) is 10.3. The number of aliphatic hydroxyl groups is 1. The number of halogens is 1. The smallest absolute Gasteiger partial charge is 0.313 e. The number of aliphatic hydroxyl groups excluding tert-OH is 1. The molecule has 0 unspecified atom stereocenters. The van der Waals surface area contributed by atoms with Gasteiger partial charge in [0, 0.05) is 30.5 Å². The first kappa shape index (κ1) is 27.5. The number of cyclic esters (lactones) is 1. The first-order valence-electron chi connectivity index (χ1n) is 13.2. The van der Waals surface area contributed by atoms with Crippen LogP contribution in [0.3, 0.4) is 0 Å². The standard InChI is InChI=1S/C28H32BrN3O7/c1-17-15-30-20(34)10-6-3-7-11-31(16-18-8-4-2-5-9-18)26(36)24-28-14-19(29)23(39-28)21(27(37)38-17)22(28)25(35)32(24)12-13-33/h2-5,7-9,14,17,21-24,33H,6,10-13,15-16H2,1H3,(H,30,34)/b7-3-/t17-,21+,22-,23+,24+,28-/m0/s1. The van der Waals surface area contributed by atoms with E-state index in [0.717, 1.165) is 5.56 Å². The minimum atomic E-state index is -1.39. The summed E-state index contributed by atoms with van der Waals surface area (Å²) in [7, 11) is 0. The number of fused-ring (bicyclic) bond motifs is 2. The van der Waals surface area contributed by atoms with Gasteiger partial charge >= 0.3 is 5.97 Å². The fraction of sp³-hybridized carbons (Fsp3) is 0.500. The van der Waals surface area contributed by atoms with E-state index in [1.807, 2.05) is 42.5 Å². The zero-order valence-electron chi connectivity index (χ0n) is 21.6. The first-order chi connectivity index (χ1) is 18.8. The van der Waals surface area contributed by atoms with Crippen LogP contribution in [0.15, 0.2) is 53.0 Å². The van der Waals surface area contributed by atoms with Crippen molar-refractivity contribution in [3.63, 3.8) is 0 Å². The van der Waals surface area contributed by atoms with E-state index in [2.05, 4.69) is 21.2 Å². The van der Waals surface area contributed by atoms with E-state index in [1.54, 1.807) is 17.9 Å². The molecule has 5 bridgehead atoms. The molecule has 3 amide bonds. The van der Waals surface area contributed by atoms with E-state index in [1.165, 1.54) is 4.90 Å². The summed E-state index contributed by atoms with van der Waals surface area (Å²) in [6.07, 6.45) is 4.74. The van der Waals surface area contributed by atoms with Gasteiger partial charge in [0.2, 0.25) is 17.7 Å². The highest BCUT2D eigenvalue weighted by Gasteiger charge is 2.74. The number of hydrogen-bond acceptors (Lipinski definition) is 7. The number of allylic oxidation sites excluding steroid dienone is 1. The molecule has 2 saturated heterocycles. The van der Waals surface area contributed by atoms with Gasteiger partial charge in [0.25, 0.3) is 0 Å². The quantitative estimate of drug-likeness (QED) is 0.393. The average Bonchev–Trinajstić information content (AvgIpc) is 3.50. The van der Waals surface area contributed by atoms with Crippen molar-refractivity contribution in [2.75, 3.05) is 26.2 Å². The van der Waals surface area contributed by atoms with Crippen LogP contribution in [0, 0.1) is 11.8 Å². The maximum Gasteiger partial charge on any atom is 0.313 e. The molecule has 0 aromatic heterocycles. The summed E-state index contributed by atoms with van der Waals surface area (Å²) >= 11 is 3.50. The highest BCUT2D eigenvalue weighted by Crippen LogP contribution is 2.58. The summed E-state index contributed by atoms with van der Waals surface area (Å²) in [5, 5.41) is 12.6. The van der Waals surface area contributed by atoms with Crippen LogP contribution < -0.4 is 5.32 Å². The molecule has 208 valence electrons. The number of esters is 1. The minimum Gasteiger partial charge on any atom is -0.460 e. The van der Waals surface area contributed by atoms with Crippen LogP contribution in [-0.2, 0) is 35.2 Å². The molecule has 2 fully saturated rings. The number of amides is 3. The Kier molecular flexibility index (Phi) is 7.93. The fourth-order valence-corrected chi connectivity index (χ4v) is 6.76. The maximum atomic E-state index is 14.4. The number of β-amino-alcohol motifs (C(OH)–C–C–N with tert-alkyl or cyclic N) is 1. The SMILES string of the molecule is C[C@H]1CNC(=O)CC/C=C\CN(Cc2ccccc2)C(=O)[C@H]2N(CCO)C(=O)[C@@H]3[C@@H](C(=O)O1)[C@@H]1O[C@@]32C=C1Br. The van der Waals surface area contributed by atoms with E-state index in [-0.39, 0.29) is 51.0 Å². The molecule has 6 atom stereocenters. The Bertz CT molecular complexity index is 1200. The molecule has 1 spiro atoms. The highest BCUT2D eigenvalue weighted by atomic mass is 79.9. The van der Waals surface area contributed by atoms with Crippen molar-refractivity contribution in [2.24, 2.45) is 11.8 Å². The van der Waals surface area contributed by atoms with Gasteiger partial charge < -0.3 is 29.7 Å². The predicted octanol–water partition coefficient (Wildman–Crippen LogP) is 1.28. The molecule has 1 aromatic carbocycles. The second-order valence-corrected chi connectivity index (χ2v) is 11.3. The molecule has 0 radical (unpaired) electrons. The van der Waals surface area contributed by atoms with Gasteiger partial charge in [-0.1, -0.05) is 58.4 Å². The topological polar surface area (TPSA) is 125 Å². The summed E-state index contributed by atoms with van der Waals surface area (Å²) in [6.45, 7) is 1.90. The molecule has 10 nitrogen and oxygen atoms in total. The normalized spacial score (nSPS) is 34.0. The zero-order valence-corrected chi connectivity index (χ0v) is 23.2. The molecule has 0 saturated carbocycles. The summed E-state index contributed by atoms with van der Waals surface area (Å²) in [5.74, 6) is -3.55. The number of ether oxygens (including phenoxy) is 2. The largest absolute Gasteiger partial charge is 0.460 e. The van der Waals surface area contributed by atoms with Gasteiger partial charge in [0.05, 0.1) is 19.1 Å². The highest BCUT2D eigenvalue weighted by molar-refractivity contribution is 9.11. The Morgan fingerprint density at radius 2 is 1.90 bits per heavy atom. The predicted molar refractivity (Wildman–Crippen MR) is 143 cm³/mol. The van der Waals surface area contributed by atoms with E-state index >= 15 is 0 Å². The molecular weight excluding hydrogens is 570 g/mol. The van der Waals surface area contributed by atoms with E-state index in [9.17, 15) is 24.3 Å². The summed E-state index contributed by atoms with van der Waals surface area (Å²) in [6, 6.07) is 8.42. The van der Waals surface area contributed by atoms with Crippen molar-refractivity contribution in [3.8, 4) is 0 Å². The lowest BCUT2D eigenvalue weighted by atomic mass is 9.74. The van der Waals surface area contributed by atoms with Crippen LogP contribution in [0.5, 0.6) is 0 Å². The molecule has 5 rings (SSSR count). The van der Waals surface area contributed by atoms with Crippen molar-refractivity contribution in [2.45, 2.75) is 50.2 Å². The number of likely N-dealkylation sites (tertiary alicyclic amines) is 1. The fourth-order valence-electron chi connectivity index (χ4n) is 6.02. The number of hydrogen-bond donors (Lipinski definition) is 2. The Morgan fingerprint density at radius 1 is 1.13 bits per heavy atom. The van der Waals surface area contributed by atoms with Crippen LogP contribution >= 0.6 is 15.9 Å². The van der Waals surface area contributed by atoms with Crippen LogP contribution in [-0.4, -0.2) is 88.7 Å². The van der Waals surface area contributed by atoms with E-state index in [0.29, 0.717) is 10.9 Å². The first-order valence-corrected chi connectivity index (χ1v) is 14.0. The molecule has 11 heteroatoms. The second kappa shape index (κ2) is 11.2. The monoisotopic (exact) mass is 601 g/mol. The van der Waals surface area contributed by atoms with Gasteiger partial charge in [-0.15, -0.1) is 0 Å². The number of nitrogens with one attached hydrogen (secondary N) is 1. The maximum absolute atomic E-state index is 14.4. The van der Waals surface area contributed by atoms with Gasteiger partial charge in [0.1, 0.15) is 29.8 Å². The van der Waals surface area contributed by atoms with Crippen LogP contribution in [0.25, 0.3) is 0 Å². The van der Waals surface area contributed by atoms with Crippen LogP contribution in [0.4, 0.5) is 0 Å². The molecular formula is C28H32BrN3O7. The lowest BCUT2D eigenvalue weighted by molar-refractivity contribution is -0.158. The lowest BCUT2D eigenvalue weighted by Crippen LogP contribution is -2.56. The summed E-state index contributed by atoms with van der Waals surface area (Å²) < 4.78 is 12.6. The molecule has 39 heavy (non-hydrogen) atoms. The van der Waals surface area contributed by atoms with Gasteiger partial charge in [0.15, 0.2) is 0 Å².